The first-order valence-electron chi connectivity index (χ1n) is 11.5. The zero-order valence-corrected chi connectivity index (χ0v) is 19.1. The summed E-state index contributed by atoms with van der Waals surface area (Å²) in [5, 5.41) is 3.87. The van der Waals surface area contributed by atoms with E-state index in [0.717, 1.165) is 11.2 Å². The van der Waals surface area contributed by atoms with Crippen molar-refractivity contribution in [2.75, 3.05) is 0 Å². The summed E-state index contributed by atoms with van der Waals surface area (Å²) < 4.78 is 0. The predicted octanol–water partition coefficient (Wildman–Crippen LogP) is 8.48. The number of pyridine rings is 1. The van der Waals surface area contributed by atoms with Gasteiger partial charge >= 0.3 is 0 Å². The second-order valence-corrected chi connectivity index (χ2v) is 9.84. The van der Waals surface area contributed by atoms with Gasteiger partial charge in [0.25, 0.3) is 0 Å². The van der Waals surface area contributed by atoms with Crippen molar-refractivity contribution in [2.45, 2.75) is 39.0 Å². The van der Waals surface area contributed by atoms with Gasteiger partial charge in [0.2, 0.25) is 0 Å². The highest BCUT2D eigenvalue weighted by Crippen LogP contribution is 2.54. The maximum Gasteiger partial charge on any atom is 0.0757 e. The molecule has 0 N–H and O–H groups in total. The molecule has 0 radical (unpaired) electrons. The largest absolute Gasteiger partial charge is 0.247 e. The number of nitrogens with zero attached hydrogens (tertiary/aromatic N) is 1. The Morgan fingerprint density at radius 2 is 1.44 bits per heavy atom. The van der Waals surface area contributed by atoms with Crippen molar-refractivity contribution in [1.29, 1.82) is 0 Å². The van der Waals surface area contributed by atoms with E-state index in [9.17, 15) is 0 Å². The molecule has 1 aromatic heterocycles. The summed E-state index contributed by atoms with van der Waals surface area (Å²) in [6.07, 6.45) is 0. The van der Waals surface area contributed by atoms with Crippen LogP contribution >= 0.6 is 0 Å². The van der Waals surface area contributed by atoms with Gasteiger partial charge in [-0.25, -0.2) is 4.98 Å². The van der Waals surface area contributed by atoms with E-state index in [4.69, 9.17) is 4.98 Å². The van der Waals surface area contributed by atoms with Gasteiger partial charge in [0.15, 0.2) is 0 Å². The molecule has 0 saturated carbocycles. The highest BCUT2D eigenvalue weighted by atomic mass is 14.7. The first kappa shape index (κ1) is 19.3. The molecule has 156 valence electrons. The number of aromatic nitrogens is 1. The van der Waals surface area contributed by atoms with Gasteiger partial charge < -0.3 is 0 Å². The molecule has 0 fully saturated rings. The second kappa shape index (κ2) is 6.77. The molecule has 32 heavy (non-hydrogen) atoms. The Bertz CT molecular complexity index is 1520. The van der Waals surface area contributed by atoms with Crippen LogP contribution in [0.15, 0.2) is 84.9 Å². The van der Waals surface area contributed by atoms with Crippen LogP contribution in [0.4, 0.5) is 0 Å². The molecule has 6 rings (SSSR count). The van der Waals surface area contributed by atoms with Gasteiger partial charge in [0.1, 0.15) is 0 Å². The van der Waals surface area contributed by atoms with Gasteiger partial charge in [-0.3, -0.25) is 0 Å². The molecular weight excluding hydrogens is 386 g/mol. The third-order valence-corrected chi connectivity index (χ3v) is 7.18. The van der Waals surface area contributed by atoms with E-state index in [-0.39, 0.29) is 5.41 Å². The van der Waals surface area contributed by atoms with Gasteiger partial charge in [0.05, 0.1) is 11.2 Å². The molecular formula is C31H27N. The van der Waals surface area contributed by atoms with Crippen LogP contribution in [0.1, 0.15) is 50.3 Å². The van der Waals surface area contributed by atoms with Crippen molar-refractivity contribution in [1.82, 2.24) is 4.98 Å². The number of hydrogen-bond donors (Lipinski definition) is 0. The number of hydrogen-bond acceptors (Lipinski definition) is 1. The summed E-state index contributed by atoms with van der Waals surface area (Å²) in [5.41, 5.74) is 10.1. The van der Waals surface area contributed by atoms with Gasteiger partial charge in [-0.05, 0) is 62.7 Å². The molecule has 0 bridgehead atoms. The van der Waals surface area contributed by atoms with Crippen molar-refractivity contribution < 1.29 is 0 Å². The molecule has 0 saturated heterocycles. The summed E-state index contributed by atoms with van der Waals surface area (Å²) in [4.78, 5) is 5.30. The van der Waals surface area contributed by atoms with E-state index in [2.05, 4.69) is 113 Å². The number of benzene rings is 4. The first-order valence-corrected chi connectivity index (χ1v) is 11.5. The lowest BCUT2D eigenvalue weighted by Gasteiger charge is -2.25. The standard InChI is InChI=1S/C31H27N/c1-19(2)25-18-21(17-20-11-5-6-12-22(20)25)30-29-28(24-14-8-10-16-27(24)32-30)23-13-7-9-15-26(23)31(29,3)4/h5-19H,1-4H3. The molecule has 1 heterocycles. The van der Waals surface area contributed by atoms with Crippen molar-refractivity contribution >= 4 is 21.7 Å². The van der Waals surface area contributed by atoms with E-state index in [1.54, 1.807) is 0 Å². The van der Waals surface area contributed by atoms with E-state index in [1.165, 1.54) is 49.5 Å². The molecule has 0 unspecified atom stereocenters. The van der Waals surface area contributed by atoms with Crippen LogP contribution in [0.2, 0.25) is 0 Å². The normalized spacial score (nSPS) is 14.2. The van der Waals surface area contributed by atoms with Crippen molar-refractivity contribution in [2.24, 2.45) is 0 Å². The zero-order chi connectivity index (χ0) is 22.0. The number of rotatable bonds is 2. The summed E-state index contributed by atoms with van der Waals surface area (Å²) in [6, 6.07) is 30.9. The molecule has 1 nitrogen and oxygen atoms in total. The average Bonchev–Trinajstić information content (AvgIpc) is 3.05. The number of para-hydroxylation sites is 1. The predicted molar refractivity (Wildman–Crippen MR) is 136 cm³/mol. The lowest BCUT2D eigenvalue weighted by atomic mass is 9.79. The molecule has 0 amide bonds. The Kier molecular flexibility index (Phi) is 4.07. The quantitative estimate of drug-likeness (QED) is 0.283. The SMILES string of the molecule is CC(C)c1cc(-c2nc3ccccc3c3c2C(C)(C)c2ccccc2-3)cc2ccccc12. The van der Waals surface area contributed by atoms with Crippen LogP contribution in [0.5, 0.6) is 0 Å². The summed E-state index contributed by atoms with van der Waals surface area (Å²) in [5.74, 6) is 0.443. The smallest absolute Gasteiger partial charge is 0.0757 e. The summed E-state index contributed by atoms with van der Waals surface area (Å²) in [7, 11) is 0. The molecule has 1 aliphatic rings. The van der Waals surface area contributed by atoms with Crippen molar-refractivity contribution in [3.8, 4) is 22.4 Å². The lowest BCUT2D eigenvalue weighted by molar-refractivity contribution is 0.660. The van der Waals surface area contributed by atoms with Crippen LogP contribution < -0.4 is 0 Å². The third-order valence-electron chi connectivity index (χ3n) is 7.18. The molecule has 0 atom stereocenters. The minimum atomic E-state index is -0.109. The zero-order valence-electron chi connectivity index (χ0n) is 19.1. The van der Waals surface area contributed by atoms with Crippen molar-refractivity contribution in [3.63, 3.8) is 0 Å². The fraction of sp³-hybridized carbons (Fsp3) is 0.194. The third kappa shape index (κ3) is 2.61. The van der Waals surface area contributed by atoms with Crippen LogP contribution in [0.25, 0.3) is 44.1 Å². The Labute approximate surface area is 189 Å². The maximum absolute atomic E-state index is 5.30. The fourth-order valence-corrected chi connectivity index (χ4v) is 5.64. The molecule has 1 heteroatoms. The molecule has 5 aromatic rings. The minimum Gasteiger partial charge on any atom is -0.247 e. The Balaban J connectivity index is 1.77. The maximum atomic E-state index is 5.30. The molecule has 4 aromatic carbocycles. The topological polar surface area (TPSA) is 12.9 Å². The van der Waals surface area contributed by atoms with Crippen molar-refractivity contribution in [3.05, 3.63) is 102 Å². The van der Waals surface area contributed by atoms with E-state index in [1.807, 2.05) is 0 Å². The molecule has 1 aliphatic carbocycles. The van der Waals surface area contributed by atoms with E-state index in [0.29, 0.717) is 5.92 Å². The van der Waals surface area contributed by atoms with Crippen LogP contribution in [0, 0.1) is 0 Å². The van der Waals surface area contributed by atoms with Gasteiger partial charge in [-0.1, -0.05) is 94.4 Å². The van der Waals surface area contributed by atoms with Gasteiger partial charge in [0, 0.05) is 16.4 Å². The van der Waals surface area contributed by atoms with E-state index >= 15 is 0 Å². The average molecular weight is 414 g/mol. The van der Waals surface area contributed by atoms with Crippen LogP contribution in [-0.4, -0.2) is 4.98 Å². The minimum absolute atomic E-state index is 0.109. The summed E-state index contributed by atoms with van der Waals surface area (Å²) in [6.45, 7) is 9.26. The Hall–Kier alpha value is -3.45. The molecule has 0 aliphatic heterocycles. The first-order chi connectivity index (χ1) is 15.5. The van der Waals surface area contributed by atoms with Gasteiger partial charge in [-0.15, -0.1) is 0 Å². The summed E-state index contributed by atoms with van der Waals surface area (Å²) >= 11 is 0. The highest BCUT2D eigenvalue weighted by molar-refractivity contribution is 6.04. The fourth-order valence-electron chi connectivity index (χ4n) is 5.64. The second-order valence-electron chi connectivity index (χ2n) is 9.84. The van der Waals surface area contributed by atoms with Crippen LogP contribution in [0.3, 0.4) is 0 Å². The number of fused-ring (bicyclic) bond motifs is 6. The highest BCUT2D eigenvalue weighted by Gasteiger charge is 2.39. The van der Waals surface area contributed by atoms with Gasteiger partial charge in [-0.2, -0.15) is 0 Å². The monoisotopic (exact) mass is 413 g/mol. The Morgan fingerprint density at radius 3 is 2.25 bits per heavy atom. The Morgan fingerprint density at radius 1 is 0.750 bits per heavy atom. The lowest BCUT2D eigenvalue weighted by Crippen LogP contribution is -2.17. The molecule has 0 spiro atoms. The van der Waals surface area contributed by atoms with E-state index < -0.39 is 0 Å². The van der Waals surface area contributed by atoms with Crippen LogP contribution in [-0.2, 0) is 5.41 Å².